The number of nitrogens with one attached hydrogen (secondary N) is 1. The molecule has 7 heteroatoms. The van der Waals surface area contributed by atoms with Crippen LogP contribution in [0.4, 0.5) is 14.5 Å². The summed E-state index contributed by atoms with van der Waals surface area (Å²) in [5.41, 5.74) is 0.248. The van der Waals surface area contributed by atoms with Crippen molar-refractivity contribution in [1.29, 1.82) is 0 Å². The van der Waals surface area contributed by atoms with Crippen LogP contribution in [-0.2, 0) is 10.0 Å². The quantitative estimate of drug-likeness (QED) is 0.923. The third kappa shape index (κ3) is 3.30. The summed E-state index contributed by atoms with van der Waals surface area (Å²) in [4.78, 5) is -0.729. The lowest BCUT2D eigenvalue weighted by atomic mass is 10.3. The second-order valence-corrected chi connectivity index (χ2v) is 6.26. The van der Waals surface area contributed by atoms with Gasteiger partial charge in [-0.3, -0.25) is 4.72 Å². The third-order valence-electron chi connectivity index (χ3n) is 2.26. The van der Waals surface area contributed by atoms with Gasteiger partial charge in [-0.05, 0) is 36.4 Å². The van der Waals surface area contributed by atoms with E-state index in [0.717, 1.165) is 12.1 Å². The fourth-order valence-corrected chi connectivity index (χ4v) is 2.98. The van der Waals surface area contributed by atoms with Crippen molar-refractivity contribution in [3.63, 3.8) is 0 Å². The lowest BCUT2D eigenvalue weighted by molar-refractivity contribution is 0.555. The van der Waals surface area contributed by atoms with Crippen LogP contribution in [0.1, 0.15) is 0 Å². The number of halogens is 3. The molecule has 0 aliphatic carbocycles. The van der Waals surface area contributed by atoms with Gasteiger partial charge in [0.15, 0.2) is 0 Å². The van der Waals surface area contributed by atoms with Crippen LogP contribution < -0.4 is 4.72 Å². The van der Waals surface area contributed by atoms with E-state index in [2.05, 4.69) is 20.7 Å². The van der Waals surface area contributed by atoms with Gasteiger partial charge in [-0.1, -0.05) is 22.0 Å². The summed E-state index contributed by atoms with van der Waals surface area (Å²) in [5, 5.41) is 0. The molecule has 19 heavy (non-hydrogen) atoms. The molecule has 0 saturated carbocycles. The molecule has 0 aromatic heterocycles. The predicted octanol–water partition coefficient (Wildman–Crippen LogP) is 3.53. The van der Waals surface area contributed by atoms with Gasteiger partial charge in [0.25, 0.3) is 10.0 Å². The standard InChI is InChI=1S/C12H8BrF2NO2S/c13-8-2-1-3-10(6-8)16-19(17,18)12-7-9(14)4-5-11(12)15/h1-7,16H. The summed E-state index contributed by atoms with van der Waals surface area (Å²) in [6, 6.07) is 8.59. The molecule has 0 aliphatic rings. The first kappa shape index (κ1) is 14.0. The number of hydrogen-bond donors (Lipinski definition) is 1. The first-order chi connectivity index (χ1) is 8.88. The normalized spacial score (nSPS) is 11.3. The van der Waals surface area contributed by atoms with E-state index in [4.69, 9.17) is 0 Å². The van der Waals surface area contributed by atoms with E-state index in [1.165, 1.54) is 12.1 Å². The highest BCUT2D eigenvalue weighted by Gasteiger charge is 2.20. The van der Waals surface area contributed by atoms with Gasteiger partial charge in [0, 0.05) is 10.2 Å². The van der Waals surface area contributed by atoms with Gasteiger partial charge in [0.05, 0.1) is 0 Å². The van der Waals surface area contributed by atoms with E-state index < -0.39 is 26.6 Å². The van der Waals surface area contributed by atoms with Crippen LogP contribution in [0.25, 0.3) is 0 Å². The zero-order valence-corrected chi connectivity index (χ0v) is 11.8. The summed E-state index contributed by atoms with van der Waals surface area (Å²) in [6.45, 7) is 0. The SMILES string of the molecule is O=S(=O)(Nc1cccc(Br)c1)c1cc(F)ccc1F. The minimum Gasteiger partial charge on any atom is -0.280 e. The highest BCUT2D eigenvalue weighted by Crippen LogP contribution is 2.22. The van der Waals surface area contributed by atoms with Crippen molar-refractivity contribution in [3.05, 3.63) is 58.6 Å². The van der Waals surface area contributed by atoms with Crippen molar-refractivity contribution in [2.75, 3.05) is 4.72 Å². The third-order valence-corrected chi connectivity index (χ3v) is 4.15. The van der Waals surface area contributed by atoms with E-state index in [1.807, 2.05) is 0 Å². The maximum Gasteiger partial charge on any atom is 0.264 e. The first-order valence-corrected chi connectivity index (χ1v) is 7.39. The van der Waals surface area contributed by atoms with Crippen LogP contribution in [0.2, 0.25) is 0 Å². The van der Waals surface area contributed by atoms with Crippen LogP contribution in [0.5, 0.6) is 0 Å². The Labute approximate surface area is 117 Å². The van der Waals surface area contributed by atoms with E-state index >= 15 is 0 Å². The molecule has 0 spiro atoms. The molecule has 0 saturated heterocycles. The maximum absolute atomic E-state index is 13.5. The molecule has 2 aromatic rings. The van der Waals surface area contributed by atoms with E-state index in [-0.39, 0.29) is 5.69 Å². The first-order valence-electron chi connectivity index (χ1n) is 5.12. The van der Waals surface area contributed by atoms with Crippen molar-refractivity contribution < 1.29 is 17.2 Å². The van der Waals surface area contributed by atoms with Gasteiger partial charge in [-0.2, -0.15) is 0 Å². The predicted molar refractivity (Wildman–Crippen MR) is 71.3 cm³/mol. The summed E-state index contributed by atoms with van der Waals surface area (Å²) in [7, 11) is -4.17. The van der Waals surface area contributed by atoms with Gasteiger partial charge >= 0.3 is 0 Å². The fraction of sp³-hybridized carbons (Fsp3) is 0. The number of rotatable bonds is 3. The van der Waals surface area contributed by atoms with Crippen LogP contribution in [-0.4, -0.2) is 8.42 Å². The van der Waals surface area contributed by atoms with Gasteiger partial charge in [-0.15, -0.1) is 0 Å². The van der Waals surface area contributed by atoms with Gasteiger partial charge < -0.3 is 0 Å². The van der Waals surface area contributed by atoms with E-state index in [1.54, 1.807) is 12.1 Å². The average molecular weight is 348 g/mol. The van der Waals surface area contributed by atoms with E-state index in [9.17, 15) is 17.2 Å². The summed E-state index contributed by atoms with van der Waals surface area (Å²) in [6.07, 6.45) is 0. The second-order valence-electron chi connectivity index (χ2n) is 3.69. The summed E-state index contributed by atoms with van der Waals surface area (Å²) < 4.78 is 53.2. The minimum absolute atomic E-state index is 0.248. The zero-order chi connectivity index (χ0) is 14.0. The molecule has 0 aliphatic heterocycles. The van der Waals surface area contributed by atoms with Crippen molar-refractivity contribution in [2.24, 2.45) is 0 Å². The van der Waals surface area contributed by atoms with Crippen molar-refractivity contribution >= 4 is 31.6 Å². The molecule has 2 rings (SSSR count). The molecule has 0 radical (unpaired) electrons. The van der Waals surface area contributed by atoms with Crippen LogP contribution >= 0.6 is 15.9 Å². The smallest absolute Gasteiger partial charge is 0.264 e. The minimum atomic E-state index is -4.17. The molecule has 2 aromatic carbocycles. The number of hydrogen-bond acceptors (Lipinski definition) is 2. The highest BCUT2D eigenvalue weighted by molar-refractivity contribution is 9.10. The van der Waals surface area contributed by atoms with Gasteiger partial charge in [0.2, 0.25) is 0 Å². The molecule has 100 valence electrons. The Hall–Kier alpha value is -1.47. The lowest BCUT2D eigenvalue weighted by Gasteiger charge is -2.09. The van der Waals surface area contributed by atoms with Gasteiger partial charge in [0.1, 0.15) is 16.5 Å². The number of anilines is 1. The Kier molecular flexibility index (Phi) is 3.86. The molecule has 0 atom stereocenters. The van der Waals surface area contributed by atoms with Gasteiger partial charge in [-0.25, -0.2) is 17.2 Å². The molecule has 3 nitrogen and oxygen atoms in total. The second kappa shape index (κ2) is 5.26. The largest absolute Gasteiger partial charge is 0.280 e. The molecular formula is C12H8BrF2NO2S. The maximum atomic E-state index is 13.5. The van der Waals surface area contributed by atoms with Crippen LogP contribution in [0, 0.1) is 11.6 Å². The summed E-state index contributed by atoms with van der Waals surface area (Å²) in [5.74, 6) is -1.83. The molecule has 0 amide bonds. The number of sulfonamides is 1. The average Bonchev–Trinajstić information content (AvgIpc) is 2.31. The van der Waals surface area contributed by atoms with Crippen molar-refractivity contribution in [2.45, 2.75) is 4.90 Å². The van der Waals surface area contributed by atoms with Crippen LogP contribution in [0.3, 0.4) is 0 Å². The molecule has 0 heterocycles. The van der Waals surface area contributed by atoms with Crippen molar-refractivity contribution in [1.82, 2.24) is 0 Å². The zero-order valence-electron chi connectivity index (χ0n) is 9.40. The molecular weight excluding hydrogens is 340 g/mol. The lowest BCUT2D eigenvalue weighted by Crippen LogP contribution is -2.14. The van der Waals surface area contributed by atoms with Crippen molar-refractivity contribution in [3.8, 4) is 0 Å². The Balaban J connectivity index is 2.40. The molecule has 0 bridgehead atoms. The topological polar surface area (TPSA) is 46.2 Å². The summed E-state index contributed by atoms with van der Waals surface area (Å²) >= 11 is 3.18. The van der Waals surface area contributed by atoms with E-state index in [0.29, 0.717) is 10.5 Å². The molecule has 0 unspecified atom stereocenters. The Bertz CT molecular complexity index is 719. The Morgan fingerprint density at radius 2 is 1.79 bits per heavy atom. The Morgan fingerprint density at radius 1 is 1.05 bits per heavy atom. The molecule has 0 fully saturated rings. The molecule has 1 N–H and O–H groups in total. The Morgan fingerprint density at radius 3 is 2.47 bits per heavy atom. The monoisotopic (exact) mass is 347 g/mol. The van der Waals surface area contributed by atoms with Crippen LogP contribution in [0.15, 0.2) is 51.8 Å². The fourth-order valence-electron chi connectivity index (χ4n) is 1.45. The highest BCUT2D eigenvalue weighted by atomic mass is 79.9. The number of benzene rings is 2.